The second-order valence-electron chi connectivity index (χ2n) is 0.0913. The van der Waals surface area contributed by atoms with Gasteiger partial charge in [-0.1, -0.05) is 0 Å². The van der Waals surface area contributed by atoms with Gasteiger partial charge in [-0.2, -0.15) is 0 Å². The molecule has 0 amide bonds. The van der Waals surface area contributed by atoms with Crippen LogP contribution in [-0.4, -0.2) is 0 Å². The Hall–Kier alpha value is 0.329. The third-order valence-corrected chi connectivity index (χ3v) is 0. The average Bonchev–Trinajstić information content (AvgIpc) is 0.918. The predicted molar refractivity (Wildman–Crippen MR) is 5.61 cm³/mol. The summed E-state index contributed by atoms with van der Waals surface area (Å²) < 4.78 is 0. The van der Waals surface area contributed by atoms with Gasteiger partial charge in [0.25, 0.3) is 0 Å². The molecule has 0 aromatic carbocycles. The summed E-state index contributed by atoms with van der Waals surface area (Å²) >= 11 is 0. The van der Waals surface area contributed by atoms with Gasteiger partial charge in [-0.15, -0.1) is 0 Å². The molecule has 0 N–H and O–H groups in total. The molecule has 4 heteroatoms. The first-order chi connectivity index (χ1) is 1.41. The summed E-state index contributed by atoms with van der Waals surface area (Å²) in [5, 5.41) is 15.0. The fourth-order valence-electron chi connectivity index (χ4n) is 0. The molecule has 0 atom stereocenters. The van der Waals surface area contributed by atoms with Gasteiger partial charge < -0.3 is 5.11 Å². The van der Waals surface area contributed by atoms with Crippen LogP contribution < -0.4 is 5.11 Å². The smallest absolute Gasteiger partial charge is 0.812 e. The van der Waals surface area contributed by atoms with Crippen LogP contribution in [-0.2, 0) is 34.1 Å². The molecule has 0 radical (unpaired) electrons. The van der Waals surface area contributed by atoms with Crippen molar-refractivity contribution in [3.63, 3.8) is 0 Å². The maximum atomic E-state index is 8.24. The van der Waals surface area contributed by atoms with Crippen molar-refractivity contribution in [2.45, 2.75) is 0 Å². The number of rotatable bonds is 0. The molecular weight excluding hydrogens is 161 g/mol. The van der Waals surface area contributed by atoms with E-state index in [1.54, 1.807) is 0 Å². The first-order valence-electron chi connectivity index (χ1n) is 0.428. The monoisotopic (exact) mass is 161 g/mol. The standard InChI is InChI=1S/CHNO.Cu.Fe/c2-1-3;;/h3H;;/q;+1;/p-1. The Morgan fingerprint density at radius 1 is 1.60 bits per heavy atom. The molecule has 0 aliphatic carbocycles. The molecular formula is CCuFeNO. The normalized spacial score (nSPS) is 1.40. The second-order valence-corrected chi connectivity index (χ2v) is 0.0913. The Morgan fingerprint density at radius 2 is 1.60 bits per heavy atom. The zero-order valence-electron chi connectivity index (χ0n) is 2.01. The molecule has 0 heterocycles. The van der Waals surface area contributed by atoms with Gasteiger partial charge in [0.05, 0.1) is 0 Å². The summed E-state index contributed by atoms with van der Waals surface area (Å²) in [5.74, 6) is 0. The summed E-state index contributed by atoms with van der Waals surface area (Å²) in [4.78, 5) is 0. The molecule has 0 spiro atoms. The molecule has 0 saturated carbocycles. The summed E-state index contributed by atoms with van der Waals surface area (Å²) in [6.07, 6.45) is 0.500. The SMILES string of the molecule is N#C[O-].[Cu+].[Fe]. The number of nitriles is 1. The van der Waals surface area contributed by atoms with Gasteiger partial charge in [-0.25, -0.2) is 5.26 Å². The van der Waals surface area contributed by atoms with E-state index in [-0.39, 0.29) is 34.1 Å². The molecule has 0 aromatic rings. The zero-order chi connectivity index (χ0) is 2.71. The average molecular weight is 161 g/mol. The van der Waals surface area contributed by atoms with E-state index in [4.69, 9.17) is 10.4 Å². The largest absolute Gasteiger partial charge is 1.00 e. The van der Waals surface area contributed by atoms with Gasteiger partial charge >= 0.3 is 17.1 Å². The minimum atomic E-state index is 0. The van der Waals surface area contributed by atoms with E-state index in [2.05, 4.69) is 0 Å². The third-order valence-electron chi connectivity index (χ3n) is 0. The van der Waals surface area contributed by atoms with Crippen molar-refractivity contribution < 1.29 is 39.2 Å². The summed E-state index contributed by atoms with van der Waals surface area (Å²) in [5.41, 5.74) is 0. The van der Waals surface area contributed by atoms with Gasteiger partial charge in [0.1, 0.15) is 0 Å². The fraction of sp³-hybridized carbons (Fsp3) is 0. The van der Waals surface area contributed by atoms with Gasteiger partial charge in [0.15, 0.2) is 0 Å². The van der Waals surface area contributed by atoms with Crippen LogP contribution in [0.3, 0.4) is 0 Å². The Bertz CT molecular complexity index is 33.1. The Kier molecular flexibility index (Phi) is 100. The minimum absolute atomic E-state index is 0. The minimum Gasteiger partial charge on any atom is -0.812 e. The summed E-state index contributed by atoms with van der Waals surface area (Å²) in [7, 11) is 0. The number of hydrogen-bond donors (Lipinski definition) is 0. The van der Waals surface area contributed by atoms with Crippen LogP contribution in [0, 0.1) is 11.5 Å². The molecule has 0 unspecified atom stereocenters. The van der Waals surface area contributed by atoms with Crippen LogP contribution in [0.4, 0.5) is 0 Å². The maximum absolute atomic E-state index is 8.24. The Morgan fingerprint density at radius 3 is 1.60 bits per heavy atom. The van der Waals surface area contributed by atoms with Gasteiger partial charge in [-0.05, 0) is 0 Å². The molecule has 0 aromatic heterocycles. The predicted octanol–water partition coefficient (Wildman–Crippen LogP) is -1.18. The quantitative estimate of drug-likeness (QED) is 0.332. The topological polar surface area (TPSA) is 46.8 Å². The van der Waals surface area contributed by atoms with Gasteiger partial charge in [0, 0.05) is 23.3 Å². The van der Waals surface area contributed by atoms with E-state index in [1.165, 1.54) is 0 Å². The molecule has 5 heavy (non-hydrogen) atoms. The number of hydrogen-bond acceptors (Lipinski definition) is 2. The van der Waals surface area contributed by atoms with E-state index < -0.39 is 0 Å². The van der Waals surface area contributed by atoms with Gasteiger partial charge in [0.2, 0.25) is 0 Å². The zero-order valence-corrected chi connectivity index (χ0v) is 4.06. The Labute approximate surface area is 51.1 Å². The first kappa shape index (κ1) is 18.4. The van der Waals surface area contributed by atoms with E-state index in [9.17, 15) is 0 Å². The molecule has 0 fully saturated rings. The molecule has 34 valence electrons. The molecule has 0 rings (SSSR count). The number of nitrogens with zero attached hydrogens (tertiary/aromatic N) is 1. The molecule has 0 aliphatic heterocycles. The molecule has 0 saturated heterocycles. The second kappa shape index (κ2) is 27.2. The fourth-order valence-corrected chi connectivity index (χ4v) is 0. The van der Waals surface area contributed by atoms with E-state index in [0.717, 1.165) is 0 Å². The van der Waals surface area contributed by atoms with Crippen LogP contribution >= 0.6 is 0 Å². The van der Waals surface area contributed by atoms with Crippen molar-refractivity contribution in [2.24, 2.45) is 0 Å². The summed E-state index contributed by atoms with van der Waals surface area (Å²) in [6.45, 7) is 0. The van der Waals surface area contributed by atoms with Crippen LogP contribution in [0.2, 0.25) is 0 Å². The molecule has 0 aliphatic rings. The third kappa shape index (κ3) is 217. The maximum Gasteiger partial charge on any atom is 1.00 e. The first-order valence-corrected chi connectivity index (χ1v) is 0.428. The van der Waals surface area contributed by atoms with Crippen molar-refractivity contribution in [3.05, 3.63) is 0 Å². The van der Waals surface area contributed by atoms with Crippen molar-refractivity contribution >= 4 is 0 Å². The Balaban J connectivity index is -0.0000000200. The summed E-state index contributed by atoms with van der Waals surface area (Å²) in [6, 6.07) is 0. The van der Waals surface area contributed by atoms with Crippen molar-refractivity contribution in [3.8, 4) is 6.26 Å². The van der Waals surface area contributed by atoms with Gasteiger partial charge in [-0.3, -0.25) is 0 Å². The van der Waals surface area contributed by atoms with Crippen LogP contribution in [0.1, 0.15) is 0 Å². The van der Waals surface area contributed by atoms with E-state index in [1.807, 2.05) is 0 Å². The van der Waals surface area contributed by atoms with E-state index >= 15 is 0 Å². The van der Waals surface area contributed by atoms with Crippen molar-refractivity contribution in [1.82, 2.24) is 0 Å². The van der Waals surface area contributed by atoms with E-state index in [0.29, 0.717) is 6.26 Å². The molecule has 2 nitrogen and oxygen atoms in total. The van der Waals surface area contributed by atoms with Crippen LogP contribution in [0.15, 0.2) is 0 Å². The molecule has 0 bridgehead atoms. The van der Waals surface area contributed by atoms with Crippen molar-refractivity contribution in [2.75, 3.05) is 0 Å². The van der Waals surface area contributed by atoms with Crippen molar-refractivity contribution in [1.29, 1.82) is 5.26 Å². The van der Waals surface area contributed by atoms with Crippen LogP contribution in [0.5, 0.6) is 0 Å². The van der Waals surface area contributed by atoms with Crippen LogP contribution in [0.25, 0.3) is 0 Å².